The highest BCUT2D eigenvalue weighted by atomic mass is 32.1. The Morgan fingerprint density at radius 2 is 1.92 bits per heavy atom. The zero-order chi connectivity index (χ0) is 17.7. The lowest BCUT2D eigenvalue weighted by Gasteiger charge is -2.13. The van der Waals surface area contributed by atoms with E-state index in [2.05, 4.69) is 5.32 Å². The standard InChI is InChI=1S/C18H21NO4S/c1-5-15-11(2)10-16(24-15)18(21)23-12(3)17(20)19-13-6-8-14(22-4)9-7-13/h6-10,12H,5H2,1-4H3,(H,19,20)/t12-/m0/s1. The molecular formula is C18H21NO4S. The van der Waals surface area contributed by atoms with Crippen LogP contribution in [0.2, 0.25) is 0 Å². The number of aryl methyl sites for hydroxylation is 2. The van der Waals surface area contributed by atoms with Crippen molar-refractivity contribution in [1.29, 1.82) is 0 Å². The van der Waals surface area contributed by atoms with Crippen LogP contribution in [-0.2, 0) is 16.0 Å². The molecule has 2 rings (SSSR count). The number of carbonyl (C=O) groups is 2. The van der Waals surface area contributed by atoms with Gasteiger partial charge in [-0.3, -0.25) is 4.79 Å². The van der Waals surface area contributed by atoms with Crippen LogP contribution in [0.5, 0.6) is 5.75 Å². The zero-order valence-electron chi connectivity index (χ0n) is 14.2. The first-order valence-electron chi connectivity index (χ1n) is 7.69. The summed E-state index contributed by atoms with van der Waals surface area (Å²) in [5.74, 6) is -0.148. The molecule has 6 heteroatoms. The van der Waals surface area contributed by atoms with Crippen molar-refractivity contribution in [1.82, 2.24) is 0 Å². The molecule has 1 aromatic heterocycles. The lowest BCUT2D eigenvalue weighted by molar-refractivity contribution is -0.123. The molecule has 1 aromatic carbocycles. The lowest BCUT2D eigenvalue weighted by atomic mass is 10.2. The first-order chi connectivity index (χ1) is 11.4. The van der Waals surface area contributed by atoms with Gasteiger partial charge in [-0.2, -0.15) is 0 Å². The Morgan fingerprint density at radius 3 is 2.46 bits per heavy atom. The molecule has 0 unspecified atom stereocenters. The Balaban J connectivity index is 1.95. The number of hydrogen-bond acceptors (Lipinski definition) is 5. The topological polar surface area (TPSA) is 64.6 Å². The molecule has 0 spiro atoms. The van der Waals surface area contributed by atoms with E-state index in [0.29, 0.717) is 16.3 Å². The average Bonchev–Trinajstić information content (AvgIpc) is 2.96. The molecule has 0 bridgehead atoms. The minimum Gasteiger partial charge on any atom is -0.497 e. The van der Waals surface area contributed by atoms with Gasteiger partial charge in [-0.1, -0.05) is 6.92 Å². The number of ether oxygens (including phenoxy) is 2. The molecule has 0 aliphatic rings. The van der Waals surface area contributed by atoms with E-state index in [4.69, 9.17) is 9.47 Å². The van der Waals surface area contributed by atoms with Crippen molar-refractivity contribution in [3.8, 4) is 5.75 Å². The first-order valence-corrected chi connectivity index (χ1v) is 8.51. The summed E-state index contributed by atoms with van der Waals surface area (Å²) in [5, 5.41) is 2.71. The Kier molecular flexibility index (Phi) is 5.98. The monoisotopic (exact) mass is 347 g/mol. The van der Waals surface area contributed by atoms with Gasteiger partial charge in [0, 0.05) is 10.6 Å². The van der Waals surface area contributed by atoms with Gasteiger partial charge in [-0.05, 0) is 56.2 Å². The minimum absolute atomic E-state index is 0.377. The maximum Gasteiger partial charge on any atom is 0.349 e. The highest BCUT2D eigenvalue weighted by molar-refractivity contribution is 7.14. The van der Waals surface area contributed by atoms with Crippen molar-refractivity contribution in [3.63, 3.8) is 0 Å². The van der Waals surface area contributed by atoms with Crippen LogP contribution in [0, 0.1) is 6.92 Å². The van der Waals surface area contributed by atoms with Gasteiger partial charge < -0.3 is 14.8 Å². The van der Waals surface area contributed by atoms with E-state index in [1.54, 1.807) is 44.4 Å². The normalized spacial score (nSPS) is 11.7. The Bertz CT molecular complexity index is 721. The molecule has 128 valence electrons. The molecule has 0 fully saturated rings. The predicted octanol–water partition coefficient (Wildman–Crippen LogP) is 3.81. The summed E-state index contributed by atoms with van der Waals surface area (Å²) in [7, 11) is 1.57. The largest absolute Gasteiger partial charge is 0.497 e. The van der Waals surface area contributed by atoms with Crippen LogP contribution in [0.1, 0.15) is 34.0 Å². The van der Waals surface area contributed by atoms with Gasteiger partial charge >= 0.3 is 5.97 Å². The molecule has 1 amide bonds. The van der Waals surface area contributed by atoms with Crippen LogP contribution < -0.4 is 10.1 Å². The second-order valence-electron chi connectivity index (χ2n) is 5.34. The number of benzene rings is 1. The number of amides is 1. The second kappa shape index (κ2) is 7.97. The van der Waals surface area contributed by atoms with E-state index >= 15 is 0 Å². The lowest BCUT2D eigenvalue weighted by Crippen LogP contribution is -2.29. The maximum absolute atomic E-state index is 12.2. The van der Waals surface area contributed by atoms with Crippen LogP contribution >= 0.6 is 11.3 Å². The number of carbonyl (C=O) groups excluding carboxylic acids is 2. The van der Waals surface area contributed by atoms with E-state index in [1.807, 2.05) is 13.8 Å². The molecule has 1 heterocycles. The quantitative estimate of drug-likeness (QED) is 0.807. The number of nitrogens with one attached hydrogen (secondary N) is 1. The Morgan fingerprint density at radius 1 is 1.25 bits per heavy atom. The van der Waals surface area contributed by atoms with Crippen molar-refractivity contribution in [2.45, 2.75) is 33.3 Å². The molecule has 0 aliphatic carbocycles. The fourth-order valence-corrected chi connectivity index (χ4v) is 3.16. The number of thiophene rings is 1. The highest BCUT2D eigenvalue weighted by Crippen LogP contribution is 2.23. The van der Waals surface area contributed by atoms with E-state index in [9.17, 15) is 9.59 Å². The summed E-state index contributed by atoms with van der Waals surface area (Å²) >= 11 is 1.41. The van der Waals surface area contributed by atoms with Gasteiger partial charge in [0.2, 0.25) is 0 Å². The highest BCUT2D eigenvalue weighted by Gasteiger charge is 2.21. The number of methoxy groups -OCH3 is 1. The van der Waals surface area contributed by atoms with Gasteiger partial charge in [0.05, 0.1) is 7.11 Å². The van der Waals surface area contributed by atoms with Crippen LogP contribution in [0.15, 0.2) is 30.3 Å². The molecule has 5 nitrogen and oxygen atoms in total. The predicted molar refractivity (Wildman–Crippen MR) is 94.9 cm³/mol. The van der Waals surface area contributed by atoms with Crippen LogP contribution in [0.4, 0.5) is 5.69 Å². The molecular weight excluding hydrogens is 326 g/mol. The second-order valence-corrected chi connectivity index (χ2v) is 6.47. The Hall–Kier alpha value is -2.34. The third-order valence-electron chi connectivity index (χ3n) is 3.55. The minimum atomic E-state index is -0.882. The van der Waals surface area contributed by atoms with Gasteiger partial charge in [-0.15, -0.1) is 11.3 Å². The fraction of sp³-hybridized carbons (Fsp3) is 0.333. The van der Waals surface area contributed by atoms with Crippen LogP contribution in [-0.4, -0.2) is 25.1 Å². The number of rotatable bonds is 6. The van der Waals surface area contributed by atoms with Gasteiger partial charge in [-0.25, -0.2) is 4.79 Å². The summed E-state index contributed by atoms with van der Waals surface area (Å²) in [6.07, 6.45) is -0.0100. The van der Waals surface area contributed by atoms with Crippen molar-refractivity contribution in [2.75, 3.05) is 12.4 Å². The molecule has 2 aromatic rings. The van der Waals surface area contributed by atoms with Gasteiger partial charge in [0.15, 0.2) is 6.10 Å². The van der Waals surface area contributed by atoms with E-state index in [0.717, 1.165) is 16.9 Å². The number of esters is 1. The summed E-state index contributed by atoms with van der Waals surface area (Å²) in [6.45, 7) is 5.56. The molecule has 0 aliphatic heterocycles. The van der Waals surface area contributed by atoms with Crippen molar-refractivity contribution >= 4 is 28.9 Å². The molecule has 0 saturated heterocycles. The van der Waals surface area contributed by atoms with E-state index in [-0.39, 0.29) is 5.91 Å². The molecule has 24 heavy (non-hydrogen) atoms. The van der Waals surface area contributed by atoms with Gasteiger partial charge in [0.1, 0.15) is 10.6 Å². The molecule has 1 atom stereocenters. The molecule has 0 radical (unpaired) electrons. The summed E-state index contributed by atoms with van der Waals surface area (Å²) in [6, 6.07) is 8.74. The first kappa shape index (κ1) is 18.0. The fourth-order valence-electron chi connectivity index (χ4n) is 2.16. The summed E-state index contributed by atoms with van der Waals surface area (Å²) < 4.78 is 10.3. The third kappa shape index (κ3) is 4.35. The molecule has 1 N–H and O–H groups in total. The molecule has 0 saturated carbocycles. The SMILES string of the molecule is CCc1sc(C(=O)O[C@@H](C)C(=O)Nc2ccc(OC)cc2)cc1C. The zero-order valence-corrected chi connectivity index (χ0v) is 15.0. The third-order valence-corrected chi connectivity index (χ3v) is 4.91. The maximum atomic E-state index is 12.2. The number of hydrogen-bond donors (Lipinski definition) is 1. The van der Waals surface area contributed by atoms with Gasteiger partial charge in [0.25, 0.3) is 5.91 Å². The van der Waals surface area contributed by atoms with Crippen molar-refractivity contribution in [2.24, 2.45) is 0 Å². The smallest absolute Gasteiger partial charge is 0.349 e. The summed E-state index contributed by atoms with van der Waals surface area (Å²) in [5.41, 5.74) is 1.69. The van der Waals surface area contributed by atoms with Crippen molar-refractivity contribution in [3.05, 3.63) is 45.6 Å². The van der Waals surface area contributed by atoms with E-state index in [1.165, 1.54) is 11.3 Å². The average molecular weight is 347 g/mol. The van der Waals surface area contributed by atoms with Crippen LogP contribution in [0.25, 0.3) is 0 Å². The summed E-state index contributed by atoms with van der Waals surface area (Å²) in [4.78, 5) is 26.0. The number of anilines is 1. The van der Waals surface area contributed by atoms with E-state index < -0.39 is 12.1 Å². The van der Waals surface area contributed by atoms with Crippen molar-refractivity contribution < 1.29 is 19.1 Å². The van der Waals surface area contributed by atoms with Crippen LogP contribution in [0.3, 0.4) is 0 Å². The Labute approximate surface area is 145 Å².